The Balaban J connectivity index is 1.22. The summed E-state index contributed by atoms with van der Waals surface area (Å²) in [5.74, 6) is -0.803. The van der Waals surface area contributed by atoms with E-state index in [1.54, 1.807) is 62.4 Å². The molecule has 0 spiro atoms. The summed E-state index contributed by atoms with van der Waals surface area (Å²) in [6, 6.07) is 13.3. The van der Waals surface area contributed by atoms with E-state index in [9.17, 15) is 14.4 Å². The van der Waals surface area contributed by atoms with Crippen LogP contribution in [0.3, 0.4) is 0 Å². The van der Waals surface area contributed by atoms with Crippen molar-refractivity contribution in [2.75, 3.05) is 24.0 Å². The minimum atomic E-state index is -0.874. The van der Waals surface area contributed by atoms with Crippen molar-refractivity contribution in [1.82, 2.24) is 19.6 Å². The van der Waals surface area contributed by atoms with Crippen LogP contribution in [0.15, 0.2) is 48.5 Å². The molecule has 0 radical (unpaired) electrons. The van der Waals surface area contributed by atoms with Gasteiger partial charge in [0.05, 0.1) is 11.3 Å². The second-order valence-corrected chi connectivity index (χ2v) is 7.88. The molecule has 0 bridgehead atoms. The summed E-state index contributed by atoms with van der Waals surface area (Å²) in [6.07, 6.45) is 0. The maximum absolute atomic E-state index is 12.9. The van der Waals surface area contributed by atoms with E-state index in [0.29, 0.717) is 17.2 Å². The molecule has 1 aliphatic rings. The number of fused-ring (bicyclic) bond motifs is 2. The number of carbonyl (C=O) groups excluding carboxylic acids is 3. The Labute approximate surface area is 204 Å². The van der Waals surface area contributed by atoms with E-state index >= 15 is 0 Å². The van der Waals surface area contributed by atoms with Crippen molar-refractivity contribution < 1.29 is 28.6 Å². The van der Waals surface area contributed by atoms with Gasteiger partial charge in [-0.2, -0.15) is 4.98 Å². The molecule has 0 saturated heterocycles. The van der Waals surface area contributed by atoms with Gasteiger partial charge in [-0.1, -0.05) is 12.1 Å². The molecule has 0 saturated carbocycles. The zero-order valence-corrected chi connectivity index (χ0v) is 19.3. The number of benzene rings is 2. The minimum Gasteiger partial charge on any atom is -0.454 e. The molecule has 182 valence electrons. The van der Waals surface area contributed by atoms with Crippen LogP contribution < -0.4 is 20.1 Å². The number of amides is 2. The molecule has 2 aromatic carbocycles. The standard InChI is InChI=1S/C24H20N6O6/c1-13-9-14(2)30-24(25-13)28-21(29-30)23(33)34-11-20(31)27-17-6-4-3-5-16(17)22(32)26-15-7-8-18-19(10-15)36-12-35-18/h3-10H,11-12H2,1-2H3,(H,26,32)(H,27,31). The molecule has 0 unspecified atom stereocenters. The van der Waals surface area contributed by atoms with Gasteiger partial charge >= 0.3 is 5.97 Å². The number of para-hydroxylation sites is 1. The molecule has 3 heterocycles. The maximum atomic E-state index is 12.9. The third kappa shape index (κ3) is 4.64. The summed E-state index contributed by atoms with van der Waals surface area (Å²) < 4.78 is 17.1. The van der Waals surface area contributed by atoms with Gasteiger partial charge in [0.25, 0.3) is 23.4 Å². The van der Waals surface area contributed by atoms with Gasteiger partial charge in [-0.3, -0.25) is 9.59 Å². The zero-order chi connectivity index (χ0) is 25.2. The molecule has 5 rings (SSSR count). The first kappa shape index (κ1) is 22.8. The molecule has 0 fully saturated rings. The third-order valence-corrected chi connectivity index (χ3v) is 5.21. The van der Waals surface area contributed by atoms with Gasteiger partial charge in [-0.15, -0.1) is 5.10 Å². The number of nitrogens with one attached hydrogen (secondary N) is 2. The van der Waals surface area contributed by atoms with Crippen LogP contribution in [0.25, 0.3) is 5.78 Å². The Kier molecular flexibility index (Phi) is 5.90. The summed E-state index contributed by atoms with van der Waals surface area (Å²) in [7, 11) is 0. The molecule has 1 aliphatic heterocycles. The van der Waals surface area contributed by atoms with Crippen LogP contribution in [-0.4, -0.2) is 50.8 Å². The Morgan fingerprint density at radius 2 is 1.81 bits per heavy atom. The first-order valence-corrected chi connectivity index (χ1v) is 10.9. The molecule has 4 aromatic rings. The van der Waals surface area contributed by atoms with E-state index in [1.165, 1.54) is 4.52 Å². The second-order valence-electron chi connectivity index (χ2n) is 7.88. The van der Waals surface area contributed by atoms with Gasteiger partial charge in [0.1, 0.15) is 0 Å². The summed E-state index contributed by atoms with van der Waals surface area (Å²) in [6.45, 7) is 3.13. The molecule has 0 aliphatic carbocycles. The molecule has 0 atom stereocenters. The number of carbonyl (C=O) groups is 3. The normalized spacial score (nSPS) is 11.8. The van der Waals surface area contributed by atoms with Gasteiger partial charge in [0.15, 0.2) is 18.1 Å². The molecular weight excluding hydrogens is 468 g/mol. The average Bonchev–Trinajstić information content (AvgIpc) is 3.50. The van der Waals surface area contributed by atoms with Gasteiger partial charge in [-0.05, 0) is 44.2 Å². The second kappa shape index (κ2) is 9.33. The van der Waals surface area contributed by atoms with Crippen molar-refractivity contribution in [2.24, 2.45) is 0 Å². The number of aromatic nitrogens is 4. The number of esters is 1. The maximum Gasteiger partial charge on any atom is 0.378 e. The lowest BCUT2D eigenvalue weighted by molar-refractivity contribution is -0.119. The number of nitrogens with zero attached hydrogens (tertiary/aromatic N) is 4. The fourth-order valence-corrected chi connectivity index (χ4v) is 3.60. The van der Waals surface area contributed by atoms with Crippen LogP contribution in [0, 0.1) is 13.8 Å². The van der Waals surface area contributed by atoms with E-state index in [2.05, 4.69) is 25.7 Å². The van der Waals surface area contributed by atoms with Gasteiger partial charge < -0.3 is 24.8 Å². The SMILES string of the molecule is Cc1cc(C)n2nc(C(=O)OCC(=O)Nc3ccccc3C(=O)Nc3ccc4c(c3)OCO4)nc2n1. The lowest BCUT2D eigenvalue weighted by Gasteiger charge is -2.12. The van der Waals surface area contributed by atoms with Crippen LogP contribution in [-0.2, 0) is 9.53 Å². The van der Waals surface area contributed by atoms with Gasteiger partial charge in [-0.25, -0.2) is 14.3 Å². The topological polar surface area (TPSA) is 146 Å². The molecule has 12 heteroatoms. The lowest BCUT2D eigenvalue weighted by Crippen LogP contribution is -2.23. The first-order chi connectivity index (χ1) is 17.4. The summed E-state index contributed by atoms with van der Waals surface area (Å²) in [4.78, 5) is 46.0. The Morgan fingerprint density at radius 1 is 1.00 bits per heavy atom. The van der Waals surface area contributed by atoms with Crippen molar-refractivity contribution in [3.05, 3.63) is 71.3 Å². The molecule has 2 amide bonds. The van der Waals surface area contributed by atoms with E-state index in [4.69, 9.17) is 14.2 Å². The zero-order valence-electron chi connectivity index (χ0n) is 19.3. The van der Waals surface area contributed by atoms with Crippen LogP contribution in [0.4, 0.5) is 11.4 Å². The van der Waals surface area contributed by atoms with E-state index in [0.717, 1.165) is 11.4 Å². The fraction of sp³-hybridized carbons (Fsp3) is 0.167. The molecular formula is C24H20N6O6. The highest BCUT2D eigenvalue weighted by Gasteiger charge is 2.20. The first-order valence-electron chi connectivity index (χ1n) is 10.9. The van der Waals surface area contributed by atoms with E-state index in [-0.39, 0.29) is 29.6 Å². The van der Waals surface area contributed by atoms with Crippen molar-refractivity contribution in [2.45, 2.75) is 13.8 Å². The van der Waals surface area contributed by atoms with Crippen LogP contribution in [0.5, 0.6) is 11.5 Å². The number of hydrogen-bond donors (Lipinski definition) is 2. The lowest BCUT2D eigenvalue weighted by atomic mass is 10.1. The summed E-state index contributed by atoms with van der Waals surface area (Å²) in [5, 5.41) is 9.43. The van der Waals surface area contributed by atoms with Crippen LogP contribution in [0.1, 0.15) is 32.4 Å². The van der Waals surface area contributed by atoms with Crippen molar-refractivity contribution in [3.8, 4) is 11.5 Å². The Bertz CT molecular complexity index is 1510. The summed E-state index contributed by atoms with van der Waals surface area (Å²) in [5.41, 5.74) is 2.44. The van der Waals surface area contributed by atoms with E-state index < -0.39 is 24.4 Å². The number of aryl methyl sites for hydroxylation is 2. The van der Waals surface area contributed by atoms with Crippen LogP contribution >= 0.6 is 0 Å². The largest absolute Gasteiger partial charge is 0.454 e. The quantitative estimate of drug-likeness (QED) is 0.391. The van der Waals surface area contributed by atoms with Gasteiger partial charge in [0.2, 0.25) is 6.79 Å². The highest BCUT2D eigenvalue weighted by Crippen LogP contribution is 2.34. The predicted molar refractivity (Wildman–Crippen MR) is 126 cm³/mol. The van der Waals surface area contributed by atoms with E-state index in [1.807, 2.05) is 0 Å². The molecule has 2 N–H and O–H groups in total. The average molecular weight is 488 g/mol. The predicted octanol–water partition coefficient (Wildman–Crippen LogP) is 2.52. The summed E-state index contributed by atoms with van der Waals surface area (Å²) >= 11 is 0. The molecule has 12 nitrogen and oxygen atoms in total. The minimum absolute atomic E-state index is 0.121. The van der Waals surface area contributed by atoms with Gasteiger partial charge in [0, 0.05) is 23.1 Å². The van der Waals surface area contributed by atoms with Crippen molar-refractivity contribution in [1.29, 1.82) is 0 Å². The third-order valence-electron chi connectivity index (χ3n) is 5.21. The molecule has 2 aromatic heterocycles. The number of rotatable bonds is 6. The Hall–Kier alpha value is -5.00. The van der Waals surface area contributed by atoms with Crippen molar-refractivity contribution >= 4 is 34.9 Å². The fourth-order valence-electron chi connectivity index (χ4n) is 3.60. The Morgan fingerprint density at radius 3 is 2.67 bits per heavy atom. The van der Waals surface area contributed by atoms with Crippen molar-refractivity contribution in [3.63, 3.8) is 0 Å². The van der Waals surface area contributed by atoms with Crippen LogP contribution in [0.2, 0.25) is 0 Å². The highest BCUT2D eigenvalue weighted by molar-refractivity contribution is 6.10. The monoisotopic (exact) mass is 488 g/mol. The molecule has 36 heavy (non-hydrogen) atoms. The highest BCUT2D eigenvalue weighted by atomic mass is 16.7. The number of anilines is 2. The smallest absolute Gasteiger partial charge is 0.378 e. The number of hydrogen-bond acceptors (Lipinski definition) is 9. The number of ether oxygens (including phenoxy) is 3.